The SMILES string of the molecule is COc1ccc(C(=O)N2CCc3ccc(NC(=O)CN(Cc4cccc(C)c4)S(=O)(=O)c4ccc(C)cc4)cc32)cc1. The molecule has 4 aromatic rings. The van der Waals surface area contributed by atoms with Crippen molar-refractivity contribution in [2.24, 2.45) is 0 Å². The zero-order chi connectivity index (χ0) is 29.9. The van der Waals surface area contributed by atoms with Crippen molar-refractivity contribution in [2.75, 3.05) is 30.4 Å². The summed E-state index contributed by atoms with van der Waals surface area (Å²) in [7, 11) is -2.40. The van der Waals surface area contributed by atoms with Gasteiger partial charge in [0, 0.05) is 30.0 Å². The molecule has 0 radical (unpaired) electrons. The molecular weight excluding hydrogens is 550 g/mol. The smallest absolute Gasteiger partial charge is 0.258 e. The van der Waals surface area contributed by atoms with Crippen LogP contribution in [0.1, 0.15) is 32.6 Å². The summed E-state index contributed by atoms with van der Waals surface area (Å²) in [4.78, 5) is 28.4. The summed E-state index contributed by atoms with van der Waals surface area (Å²) in [5.41, 5.74) is 5.45. The van der Waals surface area contributed by atoms with E-state index in [0.717, 1.165) is 27.9 Å². The van der Waals surface area contributed by atoms with E-state index in [2.05, 4.69) is 5.32 Å². The van der Waals surface area contributed by atoms with E-state index in [1.54, 1.807) is 72.7 Å². The Morgan fingerprint density at radius 1 is 0.905 bits per heavy atom. The molecule has 0 spiro atoms. The lowest BCUT2D eigenvalue weighted by Crippen LogP contribution is -2.37. The Balaban J connectivity index is 1.36. The molecule has 0 aromatic heterocycles. The number of methoxy groups -OCH3 is 1. The molecule has 0 bridgehead atoms. The molecule has 0 fully saturated rings. The summed E-state index contributed by atoms with van der Waals surface area (Å²) in [5.74, 6) is 0.0388. The van der Waals surface area contributed by atoms with E-state index in [1.165, 1.54) is 4.31 Å². The van der Waals surface area contributed by atoms with E-state index in [1.807, 2.05) is 44.2 Å². The molecule has 216 valence electrons. The van der Waals surface area contributed by atoms with Gasteiger partial charge < -0.3 is 15.0 Å². The summed E-state index contributed by atoms with van der Waals surface area (Å²) in [5, 5.41) is 2.85. The van der Waals surface area contributed by atoms with Gasteiger partial charge in [-0.1, -0.05) is 53.6 Å². The predicted molar refractivity (Wildman–Crippen MR) is 163 cm³/mol. The van der Waals surface area contributed by atoms with E-state index in [4.69, 9.17) is 4.74 Å². The quantitative estimate of drug-likeness (QED) is 0.287. The third kappa shape index (κ3) is 6.37. The number of carbonyl (C=O) groups is 2. The zero-order valence-corrected chi connectivity index (χ0v) is 24.6. The van der Waals surface area contributed by atoms with E-state index in [-0.39, 0.29) is 23.9 Å². The number of ether oxygens (including phenoxy) is 1. The summed E-state index contributed by atoms with van der Waals surface area (Å²) in [6.07, 6.45) is 0.699. The lowest BCUT2D eigenvalue weighted by Gasteiger charge is -2.23. The summed E-state index contributed by atoms with van der Waals surface area (Å²) in [6, 6.07) is 26.5. The molecule has 1 aliphatic rings. The third-order valence-corrected chi connectivity index (χ3v) is 9.07. The first kappa shape index (κ1) is 29.0. The first-order valence-electron chi connectivity index (χ1n) is 13.6. The fourth-order valence-corrected chi connectivity index (χ4v) is 6.40. The van der Waals surface area contributed by atoms with Gasteiger partial charge in [0.1, 0.15) is 5.75 Å². The number of carbonyl (C=O) groups excluding carboxylic acids is 2. The maximum Gasteiger partial charge on any atom is 0.258 e. The highest BCUT2D eigenvalue weighted by Gasteiger charge is 2.29. The predicted octanol–water partition coefficient (Wildman–Crippen LogP) is 5.34. The van der Waals surface area contributed by atoms with Gasteiger partial charge in [0.2, 0.25) is 15.9 Å². The Labute approximate surface area is 246 Å². The number of nitrogens with zero attached hydrogens (tertiary/aromatic N) is 2. The minimum absolute atomic E-state index is 0.0413. The highest BCUT2D eigenvalue weighted by Crippen LogP contribution is 2.32. The number of anilines is 2. The Morgan fingerprint density at radius 2 is 1.64 bits per heavy atom. The number of fused-ring (bicyclic) bond motifs is 1. The second kappa shape index (κ2) is 12.2. The van der Waals surface area contributed by atoms with Crippen LogP contribution in [0.15, 0.2) is 95.9 Å². The molecule has 1 aliphatic heterocycles. The van der Waals surface area contributed by atoms with Crippen molar-refractivity contribution in [1.29, 1.82) is 0 Å². The molecule has 0 saturated heterocycles. The molecule has 1 N–H and O–H groups in total. The summed E-state index contributed by atoms with van der Waals surface area (Å²) < 4.78 is 33.7. The van der Waals surface area contributed by atoms with Crippen LogP contribution < -0.4 is 15.0 Å². The van der Waals surface area contributed by atoms with Crippen molar-refractivity contribution in [3.05, 3.63) is 119 Å². The molecule has 0 atom stereocenters. The molecule has 9 heteroatoms. The van der Waals surface area contributed by atoms with Crippen LogP contribution in [-0.4, -0.2) is 44.7 Å². The summed E-state index contributed by atoms with van der Waals surface area (Å²) >= 11 is 0. The molecule has 4 aromatic carbocycles. The fourth-order valence-electron chi connectivity index (χ4n) is 5.02. The van der Waals surface area contributed by atoms with Crippen LogP contribution in [-0.2, 0) is 27.8 Å². The molecular formula is C33H33N3O5S. The van der Waals surface area contributed by atoms with Crippen molar-refractivity contribution in [3.8, 4) is 5.75 Å². The number of rotatable bonds is 9. The van der Waals surface area contributed by atoms with Gasteiger partial charge >= 0.3 is 0 Å². The fraction of sp³-hybridized carbons (Fsp3) is 0.212. The van der Waals surface area contributed by atoms with Gasteiger partial charge in [0.15, 0.2) is 0 Å². The Kier molecular flexibility index (Phi) is 8.42. The molecule has 8 nitrogen and oxygen atoms in total. The standard InChI is InChI=1S/C33H33N3O5S/c1-23-7-15-30(16-8-23)42(39,40)35(21-25-6-4-5-24(2)19-25)22-32(37)34-28-12-9-26-17-18-36(31(26)20-28)33(38)27-10-13-29(41-3)14-11-27/h4-16,19-20H,17-18,21-22H2,1-3H3,(H,34,37). The van der Waals surface area contributed by atoms with E-state index < -0.39 is 15.9 Å². The highest BCUT2D eigenvalue weighted by molar-refractivity contribution is 7.89. The number of benzene rings is 4. The zero-order valence-electron chi connectivity index (χ0n) is 23.8. The van der Waals surface area contributed by atoms with Crippen molar-refractivity contribution >= 4 is 33.2 Å². The van der Waals surface area contributed by atoms with Crippen molar-refractivity contribution < 1.29 is 22.7 Å². The van der Waals surface area contributed by atoms with Gasteiger partial charge in [0.05, 0.1) is 18.6 Å². The van der Waals surface area contributed by atoms with Crippen LogP contribution in [0.25, 0.3) is 0 Å². The van der Waals surface area contributed by atoms with Crippen molar-refractivity contribution in [3.63, 3.8) is 0 Å². The van der Waals surface area contributed by atoms with Gasteiger partial charge in [-0.2, -0.15) is 4.31 Å². The van der Waals surface area contributed by atoms with Crippen LogP contribution in [0.2, 0.25) is 0 Å². The Hall–Kier alpha value is -4.47. The van der Waals surface area contributed by atoms with Crippen LogP contribution in [0.4, 0.5) is 11.4 Å². The number of nitrogens with one attached hydrogen (secondary N) is 1. The number of amides is 2. The molecule has 0 saturated carbocycles. The third-order valence-electron chi connectivity index (χ3n) is 7.27. The van der Waals surface area contributed by atoms with Crippen LogP contribution in [0, 0.1) is 13.8 Å². The maximum absolute atomic E-state index is 13.7. The normalized spacial score (nSPS) is 12.7. The molecule has 42 heavy (non-hydrogen) atoms. The maximum atomic E-state index is 13.7. The Morgan fingerprint density at radius 3 is 2.33 bits per heavy atom. The molecule has 1 heterocycles. The van der Waals surface area contributed by atoms with E-state index in [0.29, 0.717) is 30.0 Å². The minimum atomic E-state index is -3.97. The average molecular weight is 584 g/mol. The van der Waals surface area contributed by atoms with Crippen LogP contribution >= 0.6 is 0 Å². The van der Waals surface area contributed by atoms with E-state index >= 15 is 0 Å². The first-order valence-corrected chi connectivity index (χ1v) is 15.1. The molecule has 5 rings (SSSR count). The van der Waals surface area contributed by atoms with Crippen LogP contribution in [0.3, 0.4) is 0 Å². The van der Waals surface area contributed by atoms with Gasteiger partial charge in [-0.05, 0) is 79.9 Å². The number of aryl methyl sites for hydroxylation is 2. The first-order chi connectivity index (χ1) is 20.1. The second-order valence-corrected chi connectivity index (χ2v) is 12.3. The monoisotopic (exact) mass is 583 g/mol. The molecule has 0 unspecified atom stereocenters. The van der Waals surface area contributed by atoms with Gasteiger partial charge in [-0.25, -0.2) is 8.42 Å². The van der Waals surface area contributed by atoms with Crippen molar-refractivity contribution in [2.45, 2.75) is 31.7 Å². The largest absolute Gasteiger partial charge is 0.497 e. The number of sulfonamides is 1. The topological polar surface area (TPSA) is 96.0 Å². The van der Waals surface area contributed by atoms with Crippen molar-refractivity contribution in [1.82, 2.24) is 4.31 Å². The minimum Gasteiger partial charge on any atom is -0.497 e. The molecule has 2 amide bonds. The average Bonchev–Trinajstić information content (AvgIpc) is 3.40. The van der Waals surface area contributed by atoms with Crippen LogP contribution in [0.5, 0.6) is 5.75 Å². The second-order valence-electron chi connectivity index (χ2n) is 10.4. The lowest BCUT2D eigenvalue weighted by molar-refractivity contribution is -0.116. The van der Waals surface area contributed by atoms with Gasteiger partial charge in [0.25, 0.3) is 5.91 Å². The Bertz CT molecular complexity index is 1720. The highest BCUT2D eigenvalue weighted by atomic mass is 32.2. The van der Waals surface area contributed by atoms with Gasteiger partial charge in [-0.15, -0.1) is 0 Å². The number of hydrogen-bond donors (Lipinski definition) is 1. The lowest BCUT2D eigenvalue weighted by atomic mass is 10.1. The van der Waals surface area contributed by atoms with Gasteiger partial charge in [-0.3, -0.25) is 9.59 Å². The molecule has 0 aliphatic carbocycles. The van der Waals surface area contributed by atoms with E-state index in [9.17, 15) is 18.0 Å². The number of hydrogen-bond acceptors (Lipinski definition) is 5. The summed E-state index contributed by atoms with van der Waals surface area (Å²) in [6.45, 7) is 4.01.